The summed E-state index contributed by atoms with van der Waals surface area (Å²) < 4.78 is 5.95. The molecule has 0 saturated carbocycles. The van der Waals surface area contributed by atoms with Gasteiger partial charge in [0, 0.05) is 42.7 Å². The minimum atomic E-state index is -0.227. The van der Waals surface area contributed by atoms with Crippen molar-refractivity contribution in [1.82, 2.24) is 9.88 Å². The monoisotopic (exact) mass is 452 g/mol. The molecule has 3 aliphatic rings. The summed E-state index contributed by atoms with van der Waals surface area (Å²) in [5, 5.41) is 0. The van der Waals surface area contributed by atoms with E-state index in [9.17, 15) is 9.59 Å². The van der Waals surface area contributed by atoms with Crippen molar-refractivity contribution in [3.05, 3.63) is 89.7 Å². The molecule has 172 valence electrons. The molecule has 1 aromatic heterocycles. The van der Waals surface area contributed by atoms with Crippen LogP contribution in [0.5, 0.6) is 0 Å². The van der Waals surface area contributed by atoms with E-state index in [0.29, 0.717) is 13.0 Å². The SMILES string of the molecule is O=C(Cc1ccncc1)C1CC2CCC(C1)N2C(=O)OCC1c2ccccc2-c2ccccc21. The number of nitrogens with zero attached hydrogens (tertiary/aromatic N) is 2. The fourth-order valence-electron chi connectivity index (χ4n) is 6.25. The van der Waals surface area contributed by atoms with Gasteiger partial charge < -0.3 is 9.64 Å². The Bertz CT molecular complexity index is 1170. The Labute approximate surface area is 199 Å². The Morgan fingerprint density at radius 3 is 2.06 bits per heavy atom. The van der Waals surface area contributed by atoms with Crippen molar-refractivity contribution in [2.24, 2.45) is 5.92 Å². The first-order valence-electron chi connectivity index (χ1n) is 12.2. The number of fused-ring (bicyclic) bond motifs is 5. The Morgan fingerprint density at radius 2 is 1.44 bits per heavy atom. The number of aromatic nitrogens is 1. The molecule has 5 heteroatoms. The van der Waals surface area contributed by atoms with Gasteiger partial charge in [0.25, 0.3) is 0 Å². The number of benzene rings is 2. The van der Waals surface area contributed by atoms with Gasteiger partial charge in [-0.2, -0.15) is 0 Å². The average molecular weight is 453 g/mol. The van der Waals surface area contributed by atoms with Crippen LogP contribution < -0.4 is 0 Å². The number of carbonyl (C=O) groups excluding carboxylic acids is 2. The third-order valence-corrected chi connectivity index (χ3v) is 7.86. The van der Waals surface area contributed by atoms with E-state index < -0.39 is 0 Å². The van der Waals surface area contributed by atoms with Gasteiger partial charge in [-0.05, 0) is 65.6 Å². The first-order valence-corrected chi connectivity index (χ1v) is 12.2. The number of pyridine rings is 1. The zero-order chi connectivity index (χ0) is 23.1. The van der Waals surface area contributed by atoms with Crippen LogP contribution in [-0.4, -0.2) is 40.5 Å². The number of piperidine rings is 1. The largest absolute Gasteiger partial charge is 0.448 e. The van der Waals surface area contributed by atoms with Crippen molar-refractivity contribution < 1.29 is 14.3 Å². The predicted molar refractivity (Wildman–Crippen MR) is 129 cm³/mol. The third-order valence-electron chi connectivity index (χ3n) is 7.86. The quantitative estimate of drug-likeness (QED) is 0.521. The molecule has 2 bridgehead atoms. The molecule has 1 amide bonds. The normalized spacial score (nSPS) is 22.8. The van der Waals surface area contributed by atoms with E-state index in [2.05, 4.69) is 41.4 Å². The maximum absolute atomic E-state index is 13.2. The topological polar surface area (TPSA) is 59.5 Å². The number of hydrogen-bond acceptors (Lipinski definition) is 4. The van der Waals surface area contributed by atoms with Crippen molar-refractivity contribution in [2.45, 2.75) is 50.1 Å². The van der Waals surface area contributed by atoms with E-state index in [4.69, 9.17) is 4.74 Å². The van der Waals surface area contributed by atoms with Crippen molar-refractivity contribution in [3.63, 3.8) is 0 Å². The number of Topliss-reactive ketones (excluding diaryl/α,β-unsaturated/α-hetero) is 1. The standard InChI is InChI=1S/C29H28N2O3/c32-28(15-19-11-13-30-14-12-19)20-16-21-9-10-22(17-20)31(21)29(33)34-18-27-25-7-3-1-5-23(25)24-6-2-4-8-26(24)27/h1-8,11-14,20-22,27H,9-10,15-18H2. The molecule has 0 N–H and O–H groups in total. The average Bonchev–Trinajstić information content (AvgIpc) is 3.33. The Balaban J connectivity index is 1.12. The summed E-state index contributed by atoms with van der Waals surface area (Å²) in [5.74, 6) is 0.354. The van der Waals surface area contributed by atoms with Crippen LogP contribution in [0.2, 0.25) is 0 Å². The summed E-state index contributed by atoms with van der Waals surface area (Å²) in [7, 11) is 0. The molecule has 0 radical (unpaired) electrons. The highest BCUT2D eigenvalue weighted by atomic mass is 16.6. The predicted octanol–water partition coefficient (Wildman–Crippen LogP) is 5.39. The molecule has 2 aliphatic heterocycles. The summed E-state index contributed by atoms with van der Waals surface area (Å²) in [6, 6.07) is 20.8. The lowest BCUT2D eigenvalue weighted by Crippen LogP contribution is -2.48. The van der Waals surface area contributed by atoms with Gasteiger partial charge in [-0.15, -0.1) is 0 Å². The van der Waals surface area contributed by atoms with E-state index >= 15 is 0 Å². The van der Waals surface area contributed by atoms with Gasteiger partial charge >= 0.3 is 6.09 Å². The number of ether oxygens (including phenoxy) is 1. The van der Waals surface area contributed by atoms with Gasteiger partial charge in [-0.3, -0.25) is 9.78 Å². The van der Waals surface area contributed by atoms with Crippen LogP contribution in [0.25, 0.3) is 11.1 Å². The van der Waals surface area contributed by atoms with Crippen molar-refractivity contribution in [1.29, 1.82) is 0 Å². The molecular formula is C29H28N2O3. The fourth-order valence-corrected chi connectivity index (χ4v) is 6.25. The van der Waals surface area contributed by atoms with Crippen LogP contribution >= 0.6 is 0 Å². The van der Waals surface area contributed by atoms with Crippen molar-refractivity contribution in [2.75, 3.05) is 6.61 Å². The van der Waals surface area contributed by atoms with Gasteiger partial charge in [-0.25, -0.2) is 4.79 Å². The van der Waals surface area contributed by atoms with Gasteiger partial charge in [0.05, 0.1) is 0 Å². The van der Waals surface area contributed by atoms with Crippen LogP contribution in [0.4, 0.5) is 4.79 Å². The lowest BCUT2D eigenvalue weighted by molar-refractivity contribution is -0.124. The highest BCUT2D eigenvalue weighted by Crippen LogP contribution is 2.45. The summed E-state index contributed by atoms with van der Waals surface area (Å²) in [6.45, 7) is 0.340. The summed E-state index contributed by atoms with van der Waals surface area (Å²) in [5.41, 5.74) is 5.91. The van der Waals surface area contributed by atoms with E-state index in [1.165, 1.54) is 22.3 Å². The lowest BCUT2D eigenvalue weighted by atomic mass is 9.85. The van der Waals surface area contributed by atoms with Crippen molar-refractivity contribution in [3.8, 4) is 11.1 Å². The maximum atomic E-state index is 13.2. The fraction of sp³-hybridized carbons (Fsp3) is 0.345. The van der Waals surface area contributed by atoms with Gasteiger partial charge in [-0.1, -0.05) is 48.5 Å². The molecule has 2 unspecified atom stereocenters. The second kappa shape index (κ2) is 8.71. The van der Waals surface area contributed by atoms with Crippen LogP contribution in [0, 0.1) is 5.92 Å². The highest BCUT2D eigenvalue weighted by molar-refractivity contribution is 5.84. The maximum Gasteiger partial charge on any atom is 0.410 e. The lowest BCUT2D eigenvalue weighted by Gasteiger charge is -2.37. The summed E-state index contributed by atoms with van der Waals surface area (Å²) in [6.07, 6.45) is 7.06. The molecule has 1 aliphatic carbocycles. The minimum Gasteiger partial charge on any atom is -0.448 e. The Morgan fingerprint density at radius 1 is 0.853 bits per heavy atom. The minimum absolute atomic E-state index is 0.0169. The second-order valence-electron chi connectivity index (χ2n) is 9.76. The van der Waals surface area contributed by atoms with E-state index in [1.54, 1.807) is 12.4 Å². The molecule has 2 saturated heterocycles. The van der Waals surface area contributed by atoms with Crippen LogP contribution in [0.1, 0.15) is 48.3 Å². The van der Waals surface area contributed by atoms with Gasteiger partial charge in [0.2, 0.25) is 0 Å². The zero-order valence-corrected chi connectivity index (χ0v) is 19.1. The highest BCUT2D eigenvalue weighted by Gasteiger charge is 2.46. The first-order chi connectivity index (χ1) is 16.7. The summed E-state index contributed by atoms with van der Waals surface area (Å²) >= 11 is 0. The van der Waals surface area contributed by atoms with Crippen LogP contribution in [0.3, 0.4) is 0 Å². The molecule has 3 heterocycles. The molecular weight excluding hydrogens is 424 g/mol. The second-order valence-corrected chi connectivity index (χ2v) is 9.76. The molecule has 6 rings (SSSR count). The van der Waals surface area contributed by atoms with E-state index in [1.807, 2.05) is 29.2 Å². The molecule has 5 nitrogen and oxygen atoms in total. The molecule has 2 atom stereocenters. The summed E-state index contributed by atoms with van der Waals surface area (Å²) in [4.78, 5) is 32.1. The van der Waals surface area contributed by atoms with E-state index in [-0.39, 0.29) is 35.8 Å². The Hall–Kier alpha value is -3.47. The van der Waals surface area contributed by atoms with Crippen LogP contribution in [-0.2, 0) is 16.0 Å². The molecule has 2 aromatic carbocycles. The first kappa shape index (κ1) is 21.1. The smallest absolute Gasteiger partial charge is 0.410 e. The number of carbonyl (C=O) groups is 2. The van der Waals surface area contributed by atoms with E-state index in [0.717, 1.165) is 31.2 Å². The number of hydrogen-bond donors (Lipinski definition) is 0. The zero-order valence-electron chi connectivity index (χ0n) is 19.1. The number of ketones is 1. The number of amides is 1. The molecule has 3 aromatic rings. The Kier molecular flexibility index (Phi) is 5.40. The van der Waals surface area contributed by atoms with Crippen LogP contribution in [0.15, 0.2) is 73.1 Å². The number of rotatable bonds is 5. The molecule has 0 spiro atoms. The third kappa shape index (κ3) is 3.69. The molecule has 2 fully saturated rings. The van der Waals surface area contributed by atoms with Crippen molar-refractivity contribution >= 4 is 11.9 Å². The molecule has 34 heavy (non-hydrogen) atoms. The van der Waals surface area contributed by atoms with Gasteiger partial charge in [0.1, 0.15) is 12.4 Å². The van der Waals surface area contributed by atoms with Gasteiger partial charge in [0.15, 0.2) is 0 Å².